The molecule has 1 aromatic heterocycles. The van der Waals surface area contributed by atoms with Gasteiger partial charge in [0, 0.05) is 17.0 Å². The molecule has 0 atom stereocenters. The lowest BCUT2D eigenvalue weighted by Crippen LogP contribution is -2.43. The first-order chi connectivity index (χ1) is 10.1. The van der Waals surface area contributed by atoms with Crippen LogP contribution in [0.25, 0.3) is 6.08 Å². The molecule has 0 N–H and O–H groups in total. The summed E-state index contributed by atoms with van der Waals surface area (Å²) in [7, 11) is 0. The molecule has 0 saturated carbocycles. The Morgan fingerprint density at radius 1 is 1.38 bits per heavy atom. The zero-order valence-corrected chi connectivity index (χ0v) is 12.9. The number of hydrogen-bond acceptors (Lipinski definition) is 4. The smallest absolute Gasteiger partial charge is 0.271 e. The molecule has 0 unspecified atom stereocenters. The van der Waals surface area contributed by atoms with Crippen molar-refractivity contribution in [1.29, 1.82) is 5.26 Å². The fourth-order valence-corrected chi connectivity index (χ4v) is 2.82. The molecular weight excluding hydrogens is 284 g/mol. The second-order valence-electron chi connectivity index (χ2n) is 4.80. The molecule has 1 aliphatic rings. The highest BCUT2D eigenvalue weighted by Crippen LogP contribution is 2.28. The molecule has 0 aromatic carbocycles. The second kappa shape index (κ2) is 6.51. The van der Waals surface area contributed by atoms with E-state index in [1.807, 2.05) is 30.5 Å². The Hall–Kier alpha value is -2.19. The van der Waals surface area contributed by atoms with Gasteiger partial charge in [0.2, 0.25) is 0 Å². The first-order valence-corrected chi connectivity index (χ1v) is 7.70. The van der Waals surface area contributed by atoms with Crippen LogP contribution in [0.3, 0.4) is 0 Å². The Morgan fingerprint density at radius 2 is 2.14 bits per heavy atom. The number of rotatable bonds is 4. The standard InChI is InChI=1S/C16H16N2O2S/c1-3-4-7-18-15(19)13(9-12-6-5-8-21-12)11(2)14(10-17)16(18)20/h5-6,8-9H,3-4,7H2,1-2H3/b13-9+. The van der Waals surface area contributed by atoms with Crippen molar-refractivity contribution in [3.63, 3.8) is 0 Å². The van der Waals surface area contributed by atoms with Crippen molar-refractivity contribution in [2.75, 3.05) is 6.54 Å². The van der Waals surface area contributed by atoms with Crippen LogP contribution in [0.5, 0.6) is 0 Å². The monoisotopic (exact) mass is 300 g/mol. The minimum Gasteiger partial charge on any atom is -0.274 e. The average Bonchev–Trinajstić information content (AvgIpc) is 2.97. The summed E-state index contributed by atoms with van der Waals surface area (Å²) in [5, 5.41) is 11.1. The van der Waals surface area contributed by atoms with E-state index in [1.54, 1.807) is 13.0 Å². The van der Waals surface area contributed by atoms with Crippen molar-refractivity contribution in [2.45, 2.75) is 26.7 Å². The van der Waals surface area contributed by atoms with Crippen LogP contribution in [0.4, 0.5) is 0 Å². The normalized spacial score (nSPS) is 17.6. The van der Waals surface area contributed by atoms with Gasteiger partial charge in [-0.25, -0.2) is 0 Å². The minimum absolute atomic E-state index is 0.0634. The number of carbonyl (C=O) groups excluding carboxylic acids is 2. The van der Waals surface area contributed by atoms with Gasteiger partial charge in [0.1, 0.15) is 11.6 Å². The number of nitriles is 1. The molecule has 0 aliphatic carbocycles. The first kappa shape index (κ1) is 15.2. The molecule has 0 spiro atoms. The van der Waals surface area contributed by atoms with Gasteiger partial charge >= 0.3 is 0 Å². The van der Waals surface area contributed by atoms with Gasteiger partial charge < -0.3 is 0 Å². The Labute approximate surface area is 128 Å². The summed E-state index contributed by atoms with van der Waals surface area (Å²) in [6.07, 6.45) is 3.37. The summed E-state index contributed by atoms with van der Waals surface area (Å²) < 4.78 is 0. The van der Waals surface area contributed by atoms with Crippen LogP contribution in [0.1, 0.15) is 31.6 Å². The van der Waals surface area contributed by atoms with E-state index >= 15 is 0 Å². The highest BCUT2D eigenvalue weighted by atomic mass is 32.1. The number of amides is 2. The molecule has 1 aromatic rings. The van der Waals surface area contributed by atoms with Gasteiger partial charge in [-0.3, -0.25) is 14.5 Å². The third kappa shape index (κ3) is 2.96. The van der Waals surface area contributed by atoms with Crippen molar-refractivity contribution in [2.24, 2.45) is 0 Å². The second-order valence-corrected chi connectivity index (χ2v) is 5.78. The van der Waals surface area contributed by atoms with Crippen molar-refractivity contribution in [3.8, 4) is 6.07 Å². The number of nitrogens with zero attached hydrogens (tertiary/aromatic N) is 2. The van der Waals surface area contributed by atoms with Crippen molar-refractivity contribution >= 4 is 29.2 Å². The highest BCUT2D eigenvalue weighted by Gasteiger charge is 2.34. The van der Waals surface area contributed by atoms with Crippen LogP contribution < -0.4 is 0 Å². The lowest BCUT2D eigenvalue weighted by molar-refractivity contribution is -0.140. The molecule has 4 nitrogen and oxygen atoms in total. The molecule has 0 radical (unpaired) electrons. The Morgan fingerprint density at radius 3 is 2.71 bits per heavy atom. The predicted molar refractivity (Wildman–Crippen MR) is 82.2 cm³/mol. The SMILES string of the molecule is CCCCN1C(=O)C(C#N)=C(C)/C(=C\c2cccs2)C1=O. The van der Waals surface area contributed by atoms with Crippen LogP contribution in [0, 0.1) is 11.3 Å². The van der Waals surface area contributed by atoms with E-state index in [1.165, 1.54) is 16.2 Å². The van der Waals surface area contributed by atoms with E-state index in [0.717, 1.165) is 17.7 Å². The molecule has 0 saturated heterocycles. The van der Waals surface area contributed by atoms with E-state index in [2.05, 4.69) is 0 Å². The number of carbonyl (C=O) groups is 2. The van der Waals surface area contributed by atoms with E-state index < -0.39 is 5.91 Å². The van der Waals surface area contributed by atoms with Gasteiger partial charge in [-0.15, -0.1) is 11.3 Å². The maximum Gasteiger partial charge on any atom is 0.271 e. The van der Waals surface area contributed by atoms with E-state index in [4.69, 9.17) is 0 Å². The third-order valence-electron chi connectivity index (χ3n) is 3.39. The molecule has 5 heteroatoms. The topological polar surface area (TPSA) is 61.2 Å². The molecular formula is C16H16N2O2S. The van der Waals surface area contributed by atoms with Crippen LogP contribution >= 0.6 is 11.3 Å². The molecule has 108 valence electrons. The zero-order chi connectivity index (χ0) is 15.4. The number of unbranched alkanes of at least 4 members (excludes halogenated alkanes) is 1. The Bertz CT molecular complexity index is 663. The van der Waals surface area contributed by atoms with E-state index in [0.29, 0.717) is 17.7 Å². The molecule has 2 amide bonds. The molecule has 0 bridgehead atoms. The van der Waals surface area contributed by atoms with Gasteiger partial charge in [-0.1, -0.05) is 19.4 Å². The van der Waals surface area contributed by atoms with Gasteiger partial charge in [0.15, 0.2) is 0 Å². The molecule has 21 heavy (non-hydrogen) atoms. The summed E-state index contributed by atoms with van der Waals surface area (Å²) in [6, 6.07) is 5.74. The summed E-state index contributed by atoms with van der Waals surface area (Å²) in [6.45, 7) is 4.01. The number of thiophene rings is 1. The van der Waals surface area contributed by atoms with Crippen molar-refractivity contribution < 1.29 is 9.59 Å². The molecule has 0 fully saturated rings. The first-order valence-electron chi connectivity index (χ1n) is 6.82. The van der Waals surface area contributed by atoms with Crippen molar-refractivity contribution in [1.82, 2.24) is 4.90 Å². The summed E-state index contributed by atoms with van der Waals surface area (Å²) in [5.74, 6) is -0.782. The summed E-state index contributed by atoms with van der Waals surface area (Å²) in [5.41, 5.74) is 0.965. The van der Waals surface area contributed by atoms with Gasteiger partial charge in [0.25, 0.3) is 11.8 Å². The fraction of sp³-hybridized carbons (Fsp3) is 0.312. The van der Waals surface area contributed by atoms with Crippen LogP contribution in [0.2, 0.25) is 0 Å². The average molecular weight is 300 g/mol. The lowest BCUT2D eigenvalue weighted by Gasteiger charge is -2.27. The fourth-order valence-electron chi connectivity index (χ4n) is 2.16. The largest absolute Gasteiger partial charge is 0.274 e. The molecule has 2 rings (SSSR count). The number of hydrogen-bond donors (Lipinski definition) is 0. The zero-order valence-electron chi connectivity index (χ0n) is 12.0. The van der Waals surface area contributed by atoms with E-state index in [9.17, 15) is 14.9 Å². The quantitative estimate of drug-likeness (QED) is 0.634. The van der Waals surface area contributed by atoms with Crippen molar-refractivity contribution in [3.05, 3.63) is 39.1 Å². The van der Waals surface area contributed by atoms with Crippen LogP contribution in [-0.2, 0) is 9.59 Å². The Balaban J connectivity index is 2.48. The summed E-state index contributed by atoms with van der Waals surface area (Å²) in [4.78, 5) is 26.9. The molecule has 1 aliphatic heterocycles. The maximum absolute atomic E-state index is 12.5. The van der Waals surface area contributed by atoms with Crippen LogP contribution in [-0.4, -0.2) is 23.3 Å². The van der Waals surface area contributed by atoms with E-state index in [-0.39, 0.29) is 11.5 Å². The Kier molecular flexibility index (Phi) is 4.71. The number of imide groups is 1. The minimum atomic E-state index is -0.475. The van der Waals surface area contributed by atoms with Gasteiger partial charge in [0.05, 0.1) is 0 Å². The van der Waals surface area contributed by atoms with Gasteiger partial charge in [-0.05, 0) is 36.4 Å². The third-order valence-corrected chi connectivity index (χ3v) is 4.21. The van der Waals surface area contributed by atoms with Gasteiger partial charge in [-0.2, -0.15) is 5.26 Å². The highest BCUT2D eigenvalue weighted by molar-refractivity contribution is 7.10. The maximum atomic E-state index is 12.5. The predicted octanol–water partition coefficient (Wildman–Crippen LogP) is 3.14. The van der Waals surface area contributed by atoms with Crippen LogP contribution in [0.15, 0.2) is 34.2 Å². The molecule has 2 heterocycles. The lowest BCUT2D eigenvalue weighted by atomic mass is 9.94. The summed E-state index contributed by atoms with van der Waals surface area (Å²) >= 11 is 1.51.